The van der Waals surface area contributed by atoms with Gasteiger partial charge in [0.25, 0.3) is 0 Å². The van der Waals surface area contributed by atoms with Crippen LogP contribution >= 0.6 is 0 Å². The first-order chi connectivity index (χ1) is 15.2. The van der Waals surface area contributed by atoms with E-state index in [9.17, 15) is 0 Å². The smallest absolute Gasteiger partial charge is 0.486 e. The van der Waals surface area contributed by atoms with Crippen LogP contribution in [-0.4, -0.2) is 35.7 Å². The number of rotatable bonds is 5. The molecule has 0 saturated heterocycles. The van der Waals surface area contributed by atoms with Gasteiger partial charge in [0, 0.05) is 23.8 Å². The fraction of sp³-hybridized carbons (Fsp3) is 0.400. The Morgan fingerprint density at radius 2 is 1.62 bits per heavy atom. The average Bonchev–Trinajstić information content (AvgIpc) is 3.19. The van der Waals surface area contributed by atoms with Crippen LogP contribution in [0.3, 0.4) is 0 Å². The van der Waals surface area contributed by atoms with Gasteiger partial charge >= 0.3 is 6.82 Å². The molecule has 0 radical (unpaired) electrons. The molecule has 2 aliphatic heterocycles. The van der Waals surface area contributed by atoms with Crippen molar-refractivity contribution >= 4 is 29.5 Å². The van der Waals surface area contributed by atoms with E-state index >= 15 is 0 Å². The largest absolute Gasteiger partial charge is 0.665 e. The third-order valence-corrected chi connectivity index (χ3v) is 7.52. The van der Waals surface area contributed by atoms with Crippen molar-refractivity contribution in [1.82, 2.24) is 4.48 Å². The summed E-state index contributed by atoms with van der Waals surface area (Å²) in [6, 6.07) is 5.94. The molecule has 4 rings (SSSR count). The molecular weight excluding hydrogens is 399 g/mol. The molecule has 6 nitrogen and oxygen atoms in total. The summed E-state index contributed by atoms with van der Waals surface area (Å²) in [5.41, 5.74) is 25.4. The van der Waals surface area contributed by atoms with E-state index in [0.29, 0.717) is 11.4 Å². The van der Waals surface area contributed by atoms with E-state index < -0.39 is 6.82 Å². The van der Waals surface area contributed by atoms with Crippen molar-refractivity contribution in [2.75, 3.05) is 25.7 Å². The van der Waals surface area contributed by atoms with E-state index in [1.165, 1.54) is 33.7 Å². The van der Waals surface area contributed by atoms with Crippen LogP contribution in [0.4, 0.5) is 11.4 Å². The summed E-state index contributed by atoms with van der Waals surface area (Å²) in [5, 5.41) is 0. The van der Waals surface area contributed by atoms with Crippen LogP contribution in [0.15, 0.2) is 35.0 Å². The summed E-state index contributed by atoms with van der Waals surface area (Å²) < 4.78 is 17.2. The zero-order chi connectivity index (χ0) is 23.5. The Bertz CT molecular complexity index is 1230. The molecule has 170 valence electrons. The Hall–Kier alpha value is -2.77. The normalized spacial score (nSPS) is 17.4. The van der Waals surface area contributed by atoms with Crippen LogP contribution in [0.2, 0.25) is 0 Å². The van der Waals surface area contributed by atoms with Crippen molar-refractivity contribution in [1.29, 1.82) is 0 Å². The quantitative estimate of drug-likeness (QED) is 0.540. The van der Waals surface area contributed by atoms with Gasteiger partial charge in [0.05, 0.1) is 16.9 Å². The van der Waals surface area contributed by atoms with Gasteiger partial charge in [0.1, 0.15) is 5.71 Å². The monoisotopic (exact) mass is 434 g/mol. The molecule has 0 bridgehead atoms. The van der Waals surface area contributed by atoms with E-state index in [1.54, 1.807) is 14.2 Å². The molecule has 7 heteroatoms. The molecule has 0 amide bonds. The lowest BCUT2D eigenvalue weighted by atomic mass is 9.78. The Labute approximate surface area is 191 Å². The maximum Gasteiger partial charge on any atom is 0.665 e. The molecule has 0 atom stereocenters. The number of fused-ring (bicyclic) bond motifs is 2. The number of hydrogen-bond donors (Lipinski definition) is 2. The predicted octanol–water partition coefficient (Wildman–Crippen LogP) is 4.39. The van der Waals surface area contributed by atoms with E-state index in [4.69, 9.17) is 20.8 Å². The van der Waals surface area contributed by atoms with Gasteiger partial charge in [-0.3, -0.25) is 0 Å². The summed E-state index contributed by atoms with van der Waals surface area (Å²) >= 11 is 0. The molecule has 0 unspecified atom stereocenters. The maximum atomic E-state index is 6.30. The fourth-order valence-electron chi connectivity index (χ4n) is 6.04. The van der Waals surface area contributed by atoms with E-state index in [-0.39, 0.29) is 0 Å². The zero-order valence-corrected chi connectivity index (χ0v) is 20.6. The molecule has 1 aromatic heterocycles. The number of nitrogens with zero attached hydrogens (tertiary/aromatic N) is 2. The first kappa shape index (κ1) is 22.4. The molecule has 0 fully saturated rings. The molecule has 0 saturated carbocycles. The topological polar surface area (TPSA) is 78.4 Å². The molecule has 2 aliphatic rings. The Kier molecular flexibility index (Phi) is 5.38. The van der Waals surface area contributed by atoms with Gasteiger partial charge < -0.3 is 29.7 Å². The molecule has 0 spiro atoms. The number of nitrogen functional groups attached to an aromatic ring is 2. The first-order valence-corrected chi connectivity index (χ1v) is 11.4. The van der Waals surface area contributed by atoms with Crippen molar-refractivity contribution in [3.63, 3.8) is 0 Å². The zero-order valence-electron chi connectivity index (χ0n) is 20.6. The summed E-state index contributed by atoms with van der Waals surface area (Å²) in [6.45, 7) is 11.1. The Morgan fingerprint density at radius 1 is 0.969 bits per heavy atom. The number of aromatic nitrogens is 1. The lowest BCUT2D eigenvalue weighted by Crippen LogP contribution is -2.62. The van der Waals surface area contributed by atoms with E-state index in [0.717, 1.165) is 35.4 Å². The third-order valence-electron chi connectivity index (χ3n) is 7.52. The second-order valence-corrected chi connectivity index (χ2v) is 8.85. The van der Waals surface area contributed by atoms with Crippen molar-refractivity contribution in [2.24, 2.45) is 0 Å². The maximum absolute atomic E-state index is 6.30. The van der Waals surface area contributed by atoms with Gasteiger partial charge in [-0.25, -0.2) is 0 Å². The van der Waals surface area contributed by atoms with Gasteiger partial charge in [0.15, 0.2) is 5.70 Å². The summed E-state index contributed by atoms with van der Waals surface area (Å²) in [5.74, 6) is 0. The lowest BCUT2D eigenvalue weighted by molar-refractivity contribution is -0.382. The number of nitrogens with two attached hydrogens (primary N) is 2. The summed E-state index contributed by atoms with van der Waals surface area (Å²) in [7, 11) is 3.48. The van der Waals surface area contributed by atoms with Crippen LogP contribution in [0, 0.1) is 13.8 Å². The van der Waals surface area contributed by atoms with Crippen molar-refractivity contribution in [2.45, 2.75) is 54.4 Å². The Morgan fingerprint density at radius 3 is 2.16 bits per heavy atom. The minimum Gasteiger partial charge on any atom is -0.486 e. The molecule has 2 aromatic rings. The SMILES string of the molecule is CCC1=C(C)C2=C(c3ccc(N)c(N)c3)c3c(C)c(CC)c(C)n3[B-](OC)(OC)[N+]2=C1C. The molecule has 4 N–H and O–H groups in total. The third kappa shape index (κ3) is 2.64. The van der Waals surface area contributed by atoms with Gasteiger partial charge in [0.2, 0.25) is 0 Å². The highest BCUT2D eigenvalue weighted by Crippen LogP contribution is 2.47. The average molecular weight is 434 g/mol. The molecule has 3 heterocycles. The Balaban J connectivity index is 2.27. The number of hydrogen-bond acceptors (Lipinski definition) is 4. The summed E-state index contributed by atoms with van der Waals surface area (Å²) in [6.07, 6.45) is 1.86. The number of benzene rings is 1. The van der Waals surface area contributed by atoms with Crippen molar-refractivity contribution in [3.05, 3.63) is 63.1 Å². The standard InChI is InChI=1S/C25H35BN4O2/c1-9-19-14(3)24-23(18-11-12-21(27)22(28)13-18)25-15(4)20(10-2)17(6)30(25)26(31-7,32-8)29(24)16(19)5/h11-13H,9-10,27-28H2,1-8H3. The molecule has 1 aromatic carbocycles. The lowest BCUT2D eigenvalue weighted by Gasteiger charge is -2.42. The van der Waals surface area contributed by atoms with Crippen LogP contribution in [-0.2, 0) is 15.7 Å². The molecular formula is C25H35BN4O2. The van der Waals surface area contributed by atoms with Crippen molar-refractivity contribution in [3.8, 4) is 0 Å². The minimum atomic E-state index is -1.99. The van der Waals surface area contributed by atoms with Crippen molar-refractivity contribution < 1.29 is 13.8 Å². The fourth-order valence-corrected chi connectivity index (χ4v) is 6.04. The number of allylic oxidation sites excluding steroid dienone is 2. The van der Waals surface area contributed by atoms with Gasteiger partial charge in [-0.15, -0.1) is 0 Å². The van der Waals surface area contributed by atoms with Gasteiger partial charge in [-0.2, -0.15) is 0 Å². The van der Waals surface area contributed by atoms with Crippen LogP contribution in [0.25, 0.3) is 5.57 Å². The predicted molar refractivity (Wildman–Crippen MR) is 134 cm³/mol. The second kappa shape index (κ2) is 7.68. The number of anilines is 2. The molecule has 0 aliphatic carbocycles. The van der Waals surface area contributed by atoms with Crippen LogP contribution in [0.1, 0.15) is 62.2 Å². The van der Waals surface area contributed by atoms with Gasteiger partial charge in [-0.1, -0.05) is 19.9 Å². The van der Waals surface area contributed by atoms with E-state index in [2.05, 4.69) is 56.6 Å². The van der Waals surface area contributed by atoms with Gasteiger partial charge in [-0.05, 0) is 82.3 Å². The second-order valence-electron chi connectivity index (χ2n) is 8.85. The molecule has 32 heavy (non-hydrogen) atoms. The minimum absolute atomic E-state index is 0.585. The van der Waals surface area contributed by atoms with Crippen LogP contribution in [0.5, 0.6) is 0 Å². The highest BCUT2D eigenvalue weighted by molar-refractivity contribution is 6.60. The van der Waals surface area contributed by atoms with E-state index in [1.807, 2.05) is 12.1 Å². The first-order valence-electron chi connectivity index (χ1n) is 11.4. The van der Waals surface area contributed by atoms with Crippen LogP contribution < -0.4 is 11.5 Å². The highest BCUT2D eigenvalue weighted by Gasteiger charge is 2.56. The summed E-state index contributed by atoms with van der Waals surface area (Å²) in [4.78, 5) is 0. The highest BCUT2D eigenvalue weighted by atomic mass is 16.6.